The molecule has 0 fully saturated rings. The summed E-state index contributed by atoms with van der Waals surface area (Å²) in [6, 6.07) is 17.9. The summed E-state index contributed by atoms with van der Waals surface area (Å²) in [6.45, 7) is 1.27. The molecule has 4 aromatic rings. The standard InChI is InChI=1S/C23H22N2O/c1-15(2)24-14-25(20-10-6-5-9-19(20)24)22-16(3)12-13-18-17-8-4-7-11-21(17)26-23(18)22/h4-13,15H,14H2,1-3H3/i1D3,15D. The minimum atomic E-state index is -2.46. The Morgan fingerprint density at radius 1 is 1.00 bits per heavy atom. The van der Waals surface area contributed by atoms with Crippen molar-refractivity contribution in [3.63, 3.8) is 0 Å². The van der Waals surface area contributed by atoms with Gasteiger partial charge in [0.1, 0.15) is 5.58 Å². The fraction of sp³-hybridized carbons (Fsp3) is 0.217. The molecule has 0 bridgehead atoms. The van der Waals surface area contributed by atoms with Gasteiger partial charge in [0, 0.05) is 20.9 Å². The van der Waals surface area contributed by atoms with E-state index < -0.39 is 12.9 Å². The highest BCUT2D eigenvalue weighted by molar-refractivity contribution is 6.10. The molecule has 0 N–H and O–H groups in total. The number of furan rings is 1. The van der Waals surface area contributed by atoms with Crippen LogP contribution in [-0.2, 0) is 0 Å². The monoisotopic (exact) mass is 346 g/mol. The molecule has 0 saturated carbocycles. The van der Waals surface area contributed by atoms with Gasteiger partial charge in [0.2, 0.25) is 0 Å². The third kappa shape index (κ3) is 2.07. The number of hydrogen-bond donors (Lipinski definition) is 0. The molecule has 1 atom stereocenters. The number of anilines is 3. The molecular weight excluding hydrogens is 320 g/mol. The van der Waals surface area contributed by atoms with Gasteiger partial charge in [0.05, 0.1) is 25.1 Å². The lowest BCUT2D eigenvalue weighted by molar-refractivity contribution is 0.664. The van der Waals surface area contributed by atoms with E-state index in [0.717, 1.165) is 44.6 Å². The first-order valence-corrected chi connectivity index (χ1v) is 8.75. The van der Waals surface area contributed by atoms with E-state index in [-0.39, 0.29) is 6.67 Å². The molecule has 1 unspecified atom stereocenters. The van der Waals surface area contributed by atoms with Crippen molar-refractivity contribution in [1.29, 1.82) is 0 Å². The first-order chi connectivity index (χ1) is 14.2. The van der Waals surface area contributed by atoms with Crippen LogP contribution in [0.1, 0.15) is 24.8 Å². The molecule has 3 heteroatoms. The Hall–Kier alpha value is -2.94. The number of fused-ring (bicyclic) bond motifs is 4. The van der Waals surface area contributed by atoms with E-state index in [2.05, 4.69) is 17.0 Å². The third-order valence-corrected chi connectivity index (χ3v) is 5.14. The van der Waals surface area contributed by atoms with E-state index in [1.807, 2.05) is 55.5 Å². The predicted octanol–water partition coefficient (Wildman–Crippen LogP) is 6.22. The van der Waals surface area contributed by atoms with Crippen molar-refractivity contribution in [3.05, 3.63) is 66.2 Å². The SMILES string of the molecule is [2H]C([2H])([2H])C([2H])(C)N1CN(c2c(C)ccc3c2oc2ccccc23)c2ccccc21. The molecule has 0 saturated heterocycles. The molecule has 0 amide bonds. The smallest absolute Gasteiger partial charge is 0.159 e. The van der Waals surface area contributed by atoms with Crippen LogP contribution in [0.4, 0.5) is 17.1 Å². The molecule has 3 nitrogen and oxygen atoms in total. The predicted molar refractivity (Wildman–Crippen MR) is 110 cm³/mol. The lowest BCUT2D eigenvalue weighted by Gasteiger charge is -2.26. The Morgan fingerprint density at radius 3 is 2.62 bits per heavy atom. The number of benzene rings is 3. The van der Waals surface area contributed by atoms with E-state index in [1.54, 1.807) is 4.90 Å². The van der Waals surface area contributed by atoms with Crippen LogP contribution in [0.3, 0.4) is 0 Å². The summed E-state index contributed by atoms with van der Waals surface area (Å²) >= 11 is 0. The Morgan fingerprint density at radius 2 is 1.77 bits per heavy atom. The van der Waals surface area contributed by atoms with Crippen molar-refractivity contribution in [3.8, 4) is 0 Å². The molecule has 1 aromatic heterocycles. The molecule has 0 spiro atoms. The Bertz CT molecular complexity index is 1280. The summed E-state index contributed by atoms with van der Waals surface area (Å²) in [6.07, 6.45) is 0. The highest BCUT2D eigenvalue weighted by Gasteiger charge is 2.30. The van der Waals surface area contributed by atoms with Gasteiger partial charge < -0.3 is 14.2 Å². The van der Waals surface area contributed by atoms with Crippen LogP contribution >= 0.6 is 0 Å². The van der Waals surface area contributed by atoms with Crippen LogP contribution in [-0.4, -0.2) is 12.7 Å². The van der Waals surface area contributed by atoms with Gasteiger partial charge in [-0.15, -0.1) is 0 Å². The van der Waals surface area contributed by atoms with Crippen LogP contribution in [0.25, 0.3) is 21.9 Å². The minimum Gasteiger partial charge on any atom is -0.454 e. The van der Waals surface area contributed by atoms with Gasteiger partial charge in [-0.3, -0.25) is 0 Å². The first kappa shape index (κ1) is 11.6. The second kappa shape index (κ2) is 5.53. The molecule has 2 heterocycles. The second-order valence-electron chi connectivity index (χ2n) is 6.78. The quantitative estimate of drug-likeness (QED) is 0.430. The fourth-order valence-electron chi connectivity index (χ4n) is 3.90. The highest BCUT2D eigenvalue weighted by Crippen LogP contribution is 2.46. The van der Waals surface area contributed by atoms with Crippen molar-refractivity contribution < 1.29 is 9.90 Å². The Balaban J connectivity index is 1.74. The van der Waals surface area contributed by atoms with E-state index in [9.17, 15) is 0 Å². The summed E-state index contributed by atoms with van der Waals surface area (Å²) in [5.74, 6) is 0. The number of rotatable bonds is 2. The molecule has 0 aliphatic carbocycles. The second-order valence-corrected chi connectivity index (χ2v) is 6.78. The Labute approximate surface area is 159 Å². The van der Waals surface area contributed by atoms with Crippen LogP contribution < -0.4 is 9.80 Å². The number of hydrogen-bond acceptors (Lipinski definition) is 3. The molecule has 5 rings (SSSR count). The minimum absolute atomic E-state index is 0.259. The van der Waals surface area contributed by atoms with Crippen LogP contribution in [0.15, 0.2) is 65.1 Å². The zero-order valence-electron chi connectivity index (χ0n) is 18.8. The zero-order valence-corrected chi connectivity index (χ0v) is 14.8. The summed E-state index contributed by atoms with van der Waals surface area (Å²) in [7, 11) is 0. The molecule has 1 aliphatic heterocycles. The van der Waals surface area contributed by atoms with E-state index in [4.69, 9.17) is 9.90 Å². The van der Waals surface area contributed by atoms with Crippen molar-refractivity contribution in [2.45, 2.75) is 26.7 Å². The van der Waals surface area contributed by atoms with Gasteiger partial charge in [0.25, 0.3) is 0 Å². The van der Waals surface area contributed by atoms with Gasteiger partial charge in [0.15, 0.2) is 5.58 Å². The largest absolute Gasteiger partial charge is 0.454 e. The van der Waals surface area contributed by atoms with Crippen LogP contribution in [0.5, 0.6) is 0 Å². The van der Waals surface area contributed by atoms with Gasteiger partial charge in [-0.25, -0.2) is 0 Å². The number of aryl methyl sites for hydroxylation is 1. The molecule has 0 radical (unpaired) electrons. The van der Waals surface area contributed by atoms with Gasteiger partial charge >= 0.3 is 0 Å². The lowest BCUT2D eigenvalue weighted by atomic mass is 10.1. The summed E-state index contributed by atoms with van der Waals surface area (Å²) in [5, 5.41) is 2.07. The maximum Gasteiger partial charge on any atom is 0.159 e. The van der Waals surface area contributed by atoms with Crippen molar-refractivity contribution in [1.82, 2.24) is 0 Å². The summed E-state index contributed by atoms with van der Waals surface area (Å²) < 4.78 is 38.7. The van der Waals surface area contributed by atoms with Crippen molar-refractivity contribution in [2.75, 3.05) is 16.5 Å². The number of nitrogens with zero attached hydrogens (tertiary/aromatic N) is 2. The maximum absolute atomic E-state index is 8.68. The Kier molecular flexibility index (Phi) is 2.47. The average Bonchev–Trinajstić information content (AvgIpc) is 3.26. The first-order valence-electron chi connectivity index (χ1n) is 10.8. The average molecular weight is 346 g/mol. The van der Waals surface area contributed by atoms with Crippen LogP contribution in [0, 0.1) is 6.92 Å². The topological polar surface area (TPSA) is 19.6 Å². The van der Waals surface area contributed by atoms with Gasteiger partial charge in [-0.05, 0) is 44.5 Å². The van der Waals surface area contributed by atoms with E-state index in [1.165, 1.54) is 6.92 Å². The molecular formula is C23H22N2O. The van der Waals surface area contributed by atoms with Crippen molar-refractivity contribution in [2.24, 2.45) is 0 Å². The molecule has 3 aromatic carbocycles. The lowest BCUT2D eigenvalue weighted by Crippen LogP contribution is -2.33. The summed E-state index contributed by atoms with van der Waals surface area (Å²) in [5.41, 5.74) is 5.12. The molecule has 1 aliphatic rings. The number of para-hydroxylation sites is 3. The summed E-state index contributed by atoms with van der Waals surface area (Å²) in [4.78, 5) is 3.71. The highest BCUT2D eigenvalue weighted by atomic mass is 16.3. The third-order valence-electron chi connectivity index (χ3n) is 5.14. The molecule has 130 valence electrons. The zero-order chi connectivity index (χ0) is 21.3. The van der Waals surface area contributed by atoms with Gasteiger partial charge in [-0.1, -0.05) is 42.5 Å². The van der Waals surface area contributed by atoms with Crippen molar-refractivity contribution >= 4 is 39.0 Å². The van der Waals surface area contributed by atoms with Crippen LogP contribution in [0.2, 0.25) is 0 Å². The molecule has 26 heavy (non-hydrogen) atoms. The van der Waals surface area contributed by atoms with E-state index >= 15 is 0 Å². The maximum atomic E-state index is 8.68. The van der Waals surface area contributed by atoms with Gasteiger partial charge in [-0.2, -0.15) is 0 Å². The fourth-order valence-corrected chi connectivity index (χ4v) is 3.90. The normalized spacial score (nSPS) is 19.0. The van der Waals surface area contributed by atoms with E-state index in [0.29, 0.717) is 0 Å².